The van der Waals surface area contributed by atoms with Crippen molar-refractivity contribution < 1.29 is 4.74 Å². The highest BCUT2D eigenvalue weighted by atomic mass is 16.5. The molecule has 1 saturated carbocycles. The average Bonchev–Trinajstić information content (AvgIpc) is 3.10. The quantitative estimate of drug-likeness (QED) is 0.406. The molecule has 1 aliphatic rings. The number of ether oxygens (including phenoxy) is 1. The lowest BCUT2D eigenvalue weighted by atomic mass is 10.2. The zero-order chi connectivity index (χ0) is 11.5. The first-order valence-corrected chi connectivity index (χ1v) is 6.85. The Morgan fingerprint density at radius 2 is 1.81 bits per heavy atom. The molecule has 1 aliphatic carbocycles. The Kier molecular flexibility index (Phi) is 8.45. The molecule has 0 unspecified atom stereocenters. The molecule has 2 heteroatoms. The van der Waals surface area contributed by atoms with E-state index in [1.54, 1.807) is 0 Å². The summed E-state index contributed by atoms with van der Waals surface area (Å²) >= 11 is 0. The highest BCUT2D eigenvalue weighted by Crippen LogP contribution is 2.18. The van der Waals surface area contributed by atoms with E-state index in [1.807, 2.05) is 6.08 Å². The van der Waals surface area contributed by atoms with E-state index in [2.05, 4.69) is 11.9 Å². The normalized spacial score (nSPS) is 15.2. The summed E-state index contributed by atoms with van der Waals surface area (Å²) in [5.41, 5.74) is 0. The highest BCUT2D eigenvalue weighted by Gasteiger charge is 2.19. The van der Waals surface area contributed by atoms with Gasteiger partial charge in [-0.3, -0.25) is 0 Å². The van der Waals surface area contributed by atoms with Gasteiger partial charge in [0.15, 0.2) is 0 Å². The van der Waals surface area contributed by atoms with Crippen LogP contribution in [0.5, 0.6) is 0 Å². The fourth-order valence-corrected chi connectivity index (χ4v) is 1.71. The molecule has 0 heterocycles. The van der Waals surface area contributed by atoms with E-state index in [0.29, 0.717) is 0 Å². The molecule has 16 heavy (non-hydrogen) atoms. The van der Waals surface area contributed by atoms with Gasteiger partial charge in [-0.2, -0.15) is 0 Å². The monoisotopic (exact) mass is 225 g/mol. The first kappa shape index (κ1) is 13.7. The van der Waals surface area contributed by atoms with Crippen LogP contribution < -0.4 is 5.32 Å². The number of hydrogen-bond acceptors (Lipinski definition) is 2. The van der Waals surface area contributed by atoms with Crippen molar-refractivity contribution in [3.05, 3.63) is 12.7 Å². The Morgan fingerprint density at radius 1 is 1.06 bits per heavy atom. The highest BCUT2D eigenvalue weighted by molar-refractivity contribution is 4.80. The molecule has 0 aromatic heterocycles. The van der Waals surface area contributed by atoms with Crippen LogP contribution >= 0.6 is 0 Å². The van der Waals surface area contributed by atoms with Crippen molar-refractivity contribution in [3.8, 4) is 0 Å². The van der Waals surface area contributed by atoms with Crippen LogP contribution in [-0.2, 0) is 4.74 Å². The van der Waals surface area contributed by atoms with Crippen molar-refractivity contribution in [3.63, 3.8) is 0 Å². The molecule has 0 aromatic rings. The van der Waals surface area contributed by atoms with Crippen molar-refractivity contribution in [2.75, 3.05) is 19.8 Å². The Morgan fingerprint density at radius 3 is 2.56 bits per heavy atom. The summed E-state index contributed by atoms with van der Waals surface area (Å²) in [7, 11) is 0. The Balaban J connectivity index is 1.63. The fraction of sp³-hybridized carbons (Fsp3) is 0.857. The van der Waals surface area contributed by atoms with Gasteiger partial charge in [-0.15, -0.1) is 6.58 Å². The van der Waals surface area contributed by atoms with Gasteiger partial charge in [-0.1, -0.05) is 18.9 Å². The standard InChI is InChI=1S/C14H27NO/c1-2-3-7-12-16-13-8-5-4-6-11-15-14-9-10-14/h2,14-15H,1,3-13H2. The predicted octanol–water partition coefficient (Wildman–Crippen LogP) is 3.28. The molecule has 1 fully saturated rings. The molecule has 94 valence electrons. The van der Waals surface area contributed by atoms with E-state index < -0.39 is 0 Å². The van der Waals surface area contributed by atoms with Crippen molar-refractivity contribution in [1.29, 1.82) is 0 Å². The van der Waals surface area contributed by atoms with E-state index in [-0.39, 0.29) is 0 Å². The summed E-state index contributed by atoms with van der Waals surface area (Å²) in [6, 6.07) is 0.869. The zero-order valence-corrected chi connectivity index (χ0v) is 10.5. The first-order valence-electron chi connectivity index (χ1n) is 6.85. The van der Waals surface area contributed by atoms with Gasteiger partial charge < -0.3 is 10.1 Å². The van der Waals surface area contributed by atoms with Crippen molar-refractivity contribution in [2.24, 2.45) is 0 Å². The van der Waals surface area contributed by atoms with Crippen LogP contribution in [0.3, 0.4) is 0 Å². The largest absolute Gasteiger partial charge is 0.381 e. The third kappa shape index (κ3) is 8.93. The van der Waals surface area contributed by atoms with Gasteiger partial charge in [0.1, 0.15) is 0 Å². The molecule has 2 nitrogen and oxygen atoms in total. The van der Waals surface area contributed by atoms with Gasteiger partial charge in [-0.25, -0.2) is 0 Å². The first-order chi connectivity index (χ1) is 7.93. The number of allylic oxidation sites excluding steroid dienone is 1. The number of hydrogen-bond donors (Lipinski definition) is 1. The Labute approximate surface area is 100 Å². The van der Waals surface area contributed by atoms with Crippen LogP contribution in [0, 0.1) is 0 Å². The van der Waals surface area contributed by atoms with E-state index in [1.165, 1.54) is 45.1 Å². The second-order valence-electron chi connectivity index (χ2n) is 4.69. The van der Waals surface area contributed by atoms with Gasteiger partial charge in [-0.05, 0) is 45.1 Å². The van der Waals surface area contributed by atoms with Crippen molar-refractivity contribution >= 4 is 0 Å². The molecule has 0 radical (unpaired) electrons. The lowest BCUT2D eigenvalue weighted by Gasteiger charge is -2.04. The van der Waals surface area contributed by atoms with Gasteiger partial charge in [0, 0.05) is 19.3 Å². The number of nitrogens with one attached hydrogen (secondary N) is 1. The summed E-state index contributed by atoms with van der Waals surface area (Å²) < 4.78 is 5.53. The van der Waals surface area contributed by atoms with Gasteiger partial charge in [0.05, 0.1) is 0 Å². The maximum absolute atomic E-state index is 5.53. The van der Waals surface area contributed by atoms with Crippen molar-refractivity contribution in [1.82, 2.24) is 5.32 Å². The Hall–Kier alpha value is -0.340. The fourth-order valence-electron chi connectivity index (χ4n) is 1.71. The van der Waals surface area contributed by atoms with E-state index >= 15 is 0 Å². The minimum absolute atomic E-state index is 0.869. The molecule has 0 aliphatic heterocycles. The average molecular weight is 225 g/mol. The molecule has 1 rings (SSSR count). The summed E-state index contributed by atoms with van der Waals surface area (Å²) in [6.07, 6.45) is 12.2. The summed E-state index contributed by atoms with van der Waals surface area (Å²) in [4.78, 5) is 0. The van der Waals surface area contributed by atoms with Crippen LogP contribution in [0.4, 0.5) is 0 Å². The van der Waals surface area contributed by atoms with Crippen LogP contribution in [0.25, 0.3) is 0 Å². The molecule has 0 spiro atoms. The van der Waals surface area contributed by atoms with Gasteiger partial charge in [0.25, 0.3) is 0 Å². The molecule has 0 saturated heterocycles. The third-order valence-electron chi connectivity index (χ3n) is 2.92. The number of rotatable bonds is 12. The van der Waals surface area contributed by atoms with Crippen molar-refractivity contribution in [2.45, 2.75) is 57.4 Å². The van der Waals surface area contributed by atoms with E-state index in [0.717, 1.165) is 32.1 Å². The van der Waals surface area contributed by atoms with Crippen LogP contribution in [0.2, 0.25) is 0 Å². The summed E-state index contributed by atoms with van der Waals surface area (Å²) in [5, 5.41) is 3.54. The molecule has 0 bridgehead atoms. The van der Waals surface area contributed by atoms with Crippen LogP contribution in [0.1, 0.15) is 51.4 Å². The second-order valence-corrected chi connectivity index (χ2v) is 4.69. The maximum Gasteiger partial charge on any atom is 0.0468 e. The van der Waals surface area contributed by atoms with Crippen LogP contribution in [-0.4, -0.2) is 25.8 Å². The minimum Gasteiger partial charge on any atom is -0.381 e. The molecule has 0 aromatic carbocycles. The molecule has 1 N–H and O–H groups in total. The smallest absolute Gasteiger partial charge is 0.0468 e. The second kappa shape index (κ2) is 9.86. The van der Waals surface area contributed by atoms with E-state index in [4.69, 9.17) is 4.74 Å². The minimum atomic E-state index is 0.869. The van der Waals surface area contributed by atoms with Crippen LogP contribution in [0.15, 0.2) is 12.7 Å². The molecule has 0 amide bonds. The zero-order valence-electron chi connectivity index (χ0n) is 10.5. The SMILES string of the molecule is C=CCCCOCCCCCCNC1CC1. The lowest BCUT2D eigenvalue weighted by molar-refractivity contribution is 0.128. The lowest BCUT2D eigenvalue weighted by Crippen LogP contribution is -2.17. The summed E-state index contributed by atoms with van der Waals surface area (Å²) in [5.74, 6) is 0. The maximum atomic E-state index is 5.53. The number of unbranched alkanes of at least 4 members (excludes halogenated alkanes) is 4. The predicted molar refractivity (Wildman–Crippen MR) is 69.7 cm³/mol. The Bertz CT molecular complexity index is 166. The van der Waals surface area contributed by atoms with E-state index in [9.17, 15) is 0 Å². The molecule has 0 atom stereocenters. The molecular weight excluding hydrogens is 198 g/mol. The van der Waals surface area contributed by atoms with Gasteiger partial charge >= 0.3 is 0 Å². The topological polar surface area (TPSA) is 21.3 Å². The molecular formula is C14H27NO. The summed E-state index contributed by atoms with van der Waals surface area (Å²) in [6.45, 7) is 6.74. The third-order valence-corrected chi connectivity index (χ3v) is 2.92. The van der Waals surface area contributed by atoms with Gasteiger partial charge in [0.2, 0.25) is 0 Å².